The molecule has 1 saturated carbocycles. The minimum absolute atomic E-state index is 0.183. The van der Waals surface area contributed by atoms with E-state index in [0.29, 0.717) is 6.54 Å². The molecule has 0 aliphatic heterocycles. The number of nitrogens with two attached hydrogens (primary N) is 1. The van der Waals surface area contributed by atoms with Crippen LogP contribution < -0.4 is 11.1 Å². The highest BCUT2D eigenvalue weighted by Crippen LogP contribution is 2.35. The molecule has 3 atom stereocenters. The molecule has 0 bridgehead atoms. The Labute approximate surface area is 126 Å². The van der Waals surface area contributed by atoms with Crippen molar-refractivity contribution in [2.24, 2.45) is 11.1 Å². The Hall–Kier alpha value is -1.39. The van der Waals surface area contributed by atoms with E-state index in [2.05, 4.69) is 5.32 Å². The van der Waals surface area contributed by atoms with E-state index in [9.17, 15) is 9.90 Å². The predicted octanol–water partition coefficient (Wildman–Crippen LogP) is 2.05. The first-order chi connectivity index (χ1) is 9.92. The number of hydrogen-bond donors (Lipinski definition) is 3. The average molecular weight is 290 g/mol. The van der Waals surface area contributed by atoms with E-state index in [-0.39, 0.29) is 17.4 Å². The summed E-state index contributed by atoms with van der Waals surface area (Å²) in [5.41, 5.74) is 7.73. The monoisotopic (exact) mass is 290 g/mol. The fourth-order valence-corrected chi connectivity index (χ4v) is 2.91. The zero-order chi connectivity index (χ0) is 15.5. The molecule has 1 aromatic rings. The number of nitrogens with one attached hydrogen (secondary N) is 1. The molecule has 1 aromatic carbocycles. The van der Waals surface area contributed by atoms with Crippen molar-refractivity contribution < 1.29 is 9.90 Å². The van der Waals surface area contributed by atoms with E-state index in [1.807, 2.05) is 38.1 Å². The number of hydrogen-bond acceptors (Lipinski definition) is 3. The van der Waals surface area contributed by atoms with Crippen molar-refractivity contribution in [3.63, 3.8) is 0 Å². The first kappa shape index (κ1) is 16.0. The summed E-state index contributed by atoms with van der Waals surface area (Å²) in [7, 11) is 0. The number of aliphatic hydroxyl groups excluding tert-OH is 1. The molecule has 2 rings (SSSR count). The van der Waals surface area contributed by atoms with E-state index in [0.717, 1.165) is 36.8 Å². The largest absolute Gasteiger partial charge is 0.392 e. The van der Waals surface area contributed by atoms with Crippen LogP contribution in [0.15, 0.2) is 24.3 Å². The van der Waals surface area contributed by atoms with Gasteiger partial charge < -0.3 is 16.2 Å². The summed E-state index contributed by atoms with van der Waals surface area (Å²) in [4.78, 5) is 12.2. The molecular formula is C17H26N2O2. The minimum atomic E-state index is -0.657. The molecule has 0 saturated heterocycles. The van der Waals surface area contributed by atoms with Crippen molar-refractivity contribution in [3.05, 3.63) is 35.4 Å². The lowest BCUT2D eigenvalue weighted by Crippen LogP contribution is -2.47. The number of aryl methyl sites for hydroxylation is 1. The summed E-state index contributed by atoms with van der Waals surface area (Å²) >= 11 is 0. The molecule has 1 amide bonds. The summed E-state index contributed by atoms with van der Waals surface area (Å²) in [6.45, 7) is 4.52. The summed E-state index contributed by atoms with van der Waals surface area (Å²) in [5.74, 6) is -0.183. The number of amides is 1. The number of carbonyl (C=O) groups excluding carboxylic acids is 1. The molecule has 0 heterocycles. The SMILES string of the molecule is Cc1ccc(C(N)C(=O)NCC2(C)CCCCC2O)cc1. The highest BCUT2D eigenvalue weighted by Gasteiger charge is 2.35. The van der Waals surface area contributed by atoms with E-state index in [4.69, 9.17) is 5.73 Å². The van der Waals surface area contributed by atoms with Gasteiger partial charge in [-0.15, -0.1) is 0 Å². The number of carbonyl (C=O) groups is 1. The topological polar surface area (TPSA) is 75.4 Å². The molecule has 1 aliphatic carbocycles. The molecule has 0 spiro atoms. The molecule has 1 fully saturated rings. The first-order valence-corrected chi connectivity index (χ1v) is 7.70. The highest BCUT2D eigenvalue weighted by atomic mass is 16.3. The number of aliphatic hydroxyl groups is 1. The molecule has 116 valence electrons. The zero-order valence-corrected chi connectivity index (χ0v) is 12.9. The van der Waals surface area contributed by atoms with Crippen molar-refractivity contribution in [3.8, 4) is 0 Å². The van der Waals surface area contributed by atoms with E-state index >= 15 is 0 Å². The number of rotatable bonds is 4. The minimum Gasteiger partial charge on any atom is -0.392 e. The molecule has 0 radical (unpaired) electrons. The molecule has 21 heavy (non-hydrogen) atoms. The van der Waals surface area contributed by atoms with Gasteiger partial charge in [0.25, 0.3) is 0 Å². The van der Waals surface area contributed by atoms with Gasteiger partial charge in [0.1, 0.15) is 6.04 Å². The maximum atomic E-state index is 12.2. The molecular weight excluding hydrogens is 264 g/mol. The van der Waals surface area contributed by atoms with Crippen LogP contribution in [0.3, 0.4) is 0 Å². The Morgan fingerprint density at radius 3 is 2.71 bits per heavy atom. The van der Waals surface area contributed by atoms with Gasteiger partial charge >= 0.3 is 0 Å². The van der Waals surface area contributed by atoms with Crippen molar-refractivity contribution in [1.29, 1.82) is 0 Å². The van der Waals surface area contributed by atoms with E-state index in [1.165, 1.54) is 0 Å². The van der Waals surface area contributed by atoms with Crippen LogP contribution in [-0.2, 0) is 4.79 Å². The summed E-state index contributed by atoms with van der Waals surface area (Å²) in [6, 6.07) is 7.02. The van der Waals surface area contributed by atoms with Crippen LogP contribution in [0.4, 0.5) is 0 Å². The van der Waals surface area contributed by atoms with Crippen LogP contribution in [0.5, 0.6) is 0 Å². The van der Waals surface area contributed by atoms with Gasteiger partial charge in [-0.25, -0.2) is 0 Å². The van der Waals surface area contributed by atoms with Crippen LogP contribution in [0, 0.1) is 12.3 Å². The lowest BCUT2D eigenvalue weighted by molar-refractivity contribution is -0.123. The maximum absolute atomic E-state index is 12.2. The Balaban J connectivity index is 1.93. The standard InChI is InChI=1S/C17H26N2O2/c1-12-6-8-13(9-7-12)15(18)16(21)19-11-17(2)10-4-3-5-14(17)20/h6-9,14-15,20H,3-5,10-11,18H2,1-2H3,(H,19,21). The van der Waals surface area contributed by atoms with E-state index in [1.54, 1.807) is 0 Å². The van der Waals surface area contributed by atoms with Crippen molar-refractivity contribution >= 4 is 5.91 Å². The third kappa shape index (κ3) is 3.83. The van der Waals surface area contributed by atoms with Crippen LogP contribution >= 0.6 is 0 Å². The van der Waals surface area contributed by atoms with Gasteiger partial charge in [0, 0.05) is 12.0 Å². The van der Waals surface area contributed by atoms with Crippen molar-refractivity contribution in [1.82, 2.24) is 5.32 Å². The Kier molecular flexibility index (Phi) is 5.01. The van der Waals surface area contributed by atoms with E-state index < -0.39 is 6.04 Å². The Bertz CT molecular complexity index is 486. The Morgan fingerprint density at radius 1 is 1.43 bits per heavy atom. The van der Waals surface area contributed by atoms with Crippen LogP contribution in [0.25, 0.3) is 0 Å². The van der Waals surface area contributed by atoms with Crippen molar-refractivity contribution in [2.75, 3.05) is 6.54 Å². The summed E-state index contributed by atoms with van der Waals surface area (Å²) in [6.07, 6.45) is 3.58. The smallest absolute Gasteiger partial charge is 0.241 e. The fourth-order valence-electron chi connectivity index (χ4n) is 2.91. The highest BCUT2D eigenvalue weighted by molar-refractivity contribution is 5.82. The second-order valence-electron chi connectivity index (χ2n) is 6.52. The van der Waals surface area contributed by atoms with Crippen LogP contribution in [-0.4, -0.2) is 23.7 Å². The molecule has 1 aliphatic rings. The second-order valence-corrected chi connectivity index (χ2v) is 6.52. The van der Waals surface area contributed by atoms with Gasteiger partial charge in [-0.05, 0) is 25.3 Å². The molecule has 4 heteroatoms. The van der Waals surface area contributed by atoms with Gasteiger partial charge in [0.15, 0.2) is 0 Å². The molecule has 4 nitrogen and oxygen atoms in total. The predicted molar refractivity (Wildman–Crippen MR) is 83.7 cm³/mol. The Morgan fingerprint density at radius 2 is 2.10 bits per heavy atom. The maximum Gasteiger partial charge on any atom is 0.241 e. The molecule has 4 N–H and O–H groups in total. The lowest BCUT2D eigenvalue weighted by Gasteiger charge is -2.38. The van der Waals surface area contributed by atoms with Crippen molar-refractivity contribution in [2.45, 2.75) is 51.7 Å². The van der Waals surface area contributed by atoms with Gasteiger partial charge in [-0.3, -0.25) is 4.79 Å². The zero-order valence-electron chi connectivity index (χ0n) is 12.9. The van der Waals surface area contributed by atoms with Crippen LogP contribution in [0.2, 0.25) is 0 Å². The first-order valence-electron chi connectivity index (χ1n) is 7.70. The van der Waals surface area contributed by atoms with Crippen LogP contribution in [0.1, 0.15) is 49.8 Å². The third-order valence-corrected chi connectivity index (χ3v) is 4.67. The molecule has 0 aromatic heterocycles. The average Bonchev–Trinajstić information content (AvgIpc) is 2.48. The van der Waals surface area contributed by atoms with Gasteiger partial charge in [-0.1, -0.05) is 49.6 Å². The lowest BCUT2D eigenvalue weighted by atomic mass is 9.73. The third-order valence-electron chi connectivity index (χ3n) is 4.67. The van der Waals surface area contributed by atoms with Gasteiger partial charge in [-0.2, -0.15) is 0 Å². The quantitative estimate of drug-likeness (QED) is 0.794. The fraction of sp³-hybridized carbons (Fsp3) is 0.588. The second kappa shape index (κ2) is 6.58. The summed E-state index contributed by atoms with van der Waals surface area (Å²) < 4.78 is 0. The summed E-state index contributed by atoms with van der Waals surface area (Å²) in [5, 5.41) is 13.1. The van der Waals surface area contributed by atoms with Gasteiger partial charge in [0.2, 0.25) is 5.91 Å². The molecule has 3 unspecified atom stereocenters. The normalized spacial score (nSPS) is 27.1. The number of benzene rings is 1. The van der Waals surface area contributed by atoms with Gasteiger partial charge in [0.05, 0.1) is 6.10 Å².